The Morgan fingerprint density at radius 1 is 0.789 bits per heavy atom. The maximum absolute atomic E-state index is 5.84. The maximum Gasteiger partial charge on any atom is 0.183 e. The first kappa shape index (κ1) is 18.7. The molecular formula is C17H34OSi. The number of rotatable bonds is 12. The average Bonchev–Trinajstić information content (AvgIpc) is 2.34. The molecule has 0 saturated carbocycles. The molecule has 2 heteroatoms. The molecule has 0 rings (SSSR count). The summed E-state index contributed by atoms with van der Waals surface area (Å²) in [5.74, 6) is 0. The first-order valence-electron chi connectivity index (χ1n) is 8.02. The lowest BCUT2D eigenvalue weighted by Gasteiger charge is -2.16. The highest BCUT2D eigenvalue weighted by Crippen LogP contribution is 2.09. The van der Waals surface area contributed by atoms with Gasteiger partial charge in [0.25, 0.3) is 0 Å². The summed E-state index contributed by atoms with van der Waals surface area (Å²) in [6, 6.07) is 0. The van der Waals surface area contributed by atoms with E-state index in [0.717, 1.165) is 13.0 Å². The van der Waals surface area contributed by atoms with Crippen molar-refractivity contribution >= 4 is 8.32 Å². The van der Waals surface area contributed by atoms with Crippen molar-refractivity contribution in [3.63, 3.8) is 0 Å². The van der Waals surface area contributed by atoms with Gasteiger partial charge in [-0.3, -0.25) is 0 Å². The Hall–Kier alpha value is -0.343. The molecule has 112 valence electrons. The summed E-state index contributed by atoms with van der Waals surface area (Å²) in [6.45, 7) is 9.92. The van der Waals surface area contributed by atoms with E-state index in [1.165, 1.54) is 44.9 Å². The molecule has 1 nitrogen and oxygen atoms in total. The van der Waals surface area contributed by atoms with Crippen LogP contribution < -0.4 is 0 Å². The zero-order valence-electron chi connectivity index (χ0n) is 13.6. The third-order valence-corrected chi connectivity index (χ3v) is 3.99. The molecule has 0 aliphatic rings. The zero-order chi connectivity index (χ0) is 14.4. The van der Waals surface area contributed by atoms with Crippen molar-refractivity contribution < 1.29 is 4.43 Å². The highest BCUT2D eigenvalue weighted by Gasteiger charge is 2.12. The van der Waals surface area contributed by atoms with E-state index in [1.54, 1.807) is 0 Å². The second kappa shape index (κ2) is 12.7. The van der Waals surface area contributed by atoms with Gasteiger partial charge in [-0.2, -0.15) is 0 Å². The van der Waals surface area contributed by atoms with Crippen LogP contribution in [0.25, 0.3) is 0 Å². The van der Waals surface area contributed by atoms with Crippen molar-refractivity contribution in [1.82, 2.24) is 0 Å². The Kier molecular flexibility index (Phi) is 12.4. The van der Waals surface area contributed by atoms with E-state index in [1.807, 2.05) is 0 Å². The van der Waals surface area contributed by atoms with Crippen LogP contribution in [0.2, 0.25) is 19.6 Å². The summed E-state index contributed by atoms with van der Waals surface area (Å²) >= 11 is 0. The van der Waals surface area contributed by atoms with Crippen LogP contribution in [0.3, 0.4) is 0 Å². The van der Waals surface area contributed by atoms with Crippen LogP contribution in [0, 0.1) is 0 Å². The van der Waals surface area contributed by atoms with Gasteiger partial charge in [0.05, 0.1) is 0 Å². The van der Waals surface area contributed by atoms with Gasteiger partial charge in [-0.05, 0) is 45.3 Å². The van der Waals surface area contributed by atoms with Crippen LogP contribution in [-0.2, 0) is 4.43 Å². The van der Waals surface area contributed by atoms with Crippen molar-refractivity contribution in [3.05, 3.63) is 24.3 Å². The Bertz CT molecular complexity index is 238. The smallest absolute Gasteiger partial charge is 0.183 e. The number of hydrogen-bond acceptors (Lipinski definition) is 1. The van der Waals surface area contributed by atoms with Crippen LogP contribution >= 0.6 is 0 Å². The molecule has 0 aliphatic heterocycles. The lowest BCUT2D eigenvalue weighted by atomic mass is 10.1. The second-order valence-corrected chi connectivity index (χ2v) is 10.6. The normalized spacial score (nSPS) is 12.8. The van der Waals surface area contributed by atoms with Gasteiger partial charge in [0.15, 0.2) is 8.32 Å². The van der Waals surface area contributed by atoms with Gasteiger partial charge in [-0.15, -0.1) is 0 Å². The molecule has 0 aromatic rings. The summed E-state index contributed by atoms with van der Waals surface area (Å²) in [7, 11) is -1.27. The highest BCUT2D eigenvalue weighted by molar-refractivity contribution is 6.69. The van der Waals surface area contributed by atoms with Gasteiger partial charge in [-0.25, -0.2) is 0 Å². The van der Waals surface area contributed by atoms with Crippen LogP contribution in [0.5, 0.6) is 0 Å². The molecule has 0 N–H and O–H groups in total. The summed E-state index contributed by atoms with van der Waals surface area (Å²) in [5, 5.41) is 0. The van der Waals surface area contributed by atoms with E-state index >= 15 is 0 Å². The van der Waals surface area contributed by atoms with Gasteiger partial charge >= 0.3 is 0 Å². The molecule has 0 saturated heterocycles. The number of allylic oxidation sites excluding steroid dienone is 4. The van der Waals surface area contributed by atoms with Gasteiger partial charge < -0.3 is 4.43 Å². The van der Waals surface area contributed by atoms with E-state index in [0.29, 0.717) is 0 Å². The molecule has 0 spiro atoms. The molecule has 0 amide bonds. The van der Waals surface area contributed by atoms with E-state index in [4.69, 9.17) is 4.43 Å². The van der Waals surface area contributed by atoms with Gasteiger partial charge in [0.1, 0.15) is 0 Å². The third-order valence-electron chi connectivity index (χ3n) is 2.92. The molecule has 0 atom stereocenters. The van der Waals surface area contributed by atoms with Crippen molar-refractivity contribution in [1.29, 1.82) is 0 Å². The van der Waals surface area contributed by atoms with Crippen molar-refractivity contribution in [3.8, 4) is 0 Å². The van der Waals surface area contributed by atoms with Crippen LogP contribution in [0.1, 0.15) is 58.3 Å². The Morgan fingerprint density at radius 2 is 1.37 bits per heavy atom. The van der Waals surface area contributed by atoms with Crippen molar-refractivity contribution in [2.24, 2.45) is 0 Å². The molecule has 0 aliphatic carbocycles. The average molecular weight is 283 g/mol. The Morgan fingerprint density at radius 3 is 2.00 bits per heavy atom. The van der Waals surface area contributed by atoms with Gasteiger partial charge in [-0.1, -0.05) is 56.9 Å². The van der Waals surface area contributed by atoms with Gasteiger partial charge in [0, 0.05) is 6.61 Å². The largest absolute Gasteiger partial charge is 0.418 e. The SMILES string of the molecule is CC/C=C/C=C/CCCCCCCCO[Si](C)(C)C. The fourth-order valence-corrected chi connectivity index (χ4v) is 2.60. The Labute approximate surface area is 122 Å². The standard InChI is InChI=1S/C17H34OSi/c1-5-6-7-8-9-10-11-12-13-14-15-16-17-18-19(2,3)4/h6-9H,5,10-17H2,1-4H3/b7-6+,9-8+. The van der Waals surface area contributed by atoms with E-state index in [9.17, 15) is 0 Å². The van der Waals surface area contributed by atoms with Gasteiger partial charge in [0.2, 0.25) is 0 Å². The minimum atomic E-state index is -1.27. The molecule has 0 bridgehead atoms. The minimum absolute atomic E-state index is 0.974. The summed E-state index contributed by atoms with van der Waals surface area (Å²) in [4.78, 5) is 0. The monoisotopic (exact) mass is 282 g/mol. The van der Waals surface area contributed by atoms with Crippen molar-refractivity contribution in [2.45, 2.75) is 77.9 Å². The molecule has 0 aromatic heterocycles. The quantitative estimate of drug-likeness (QED) is 0.239. The summed E-state index contributed by atoms with van der Waals surface area (Å²) in [6.07, 6.45) is 19.2. The van der Waals surface area contributed by atoms with Crippen LogP contribution in [0.15, 0.2) is 24.3 Å². The molecule has 0 heterocycles. The summed E-state index contributed by atoms with van der Waals surface area (Å²) < 4.78 is 5.84. The zero-order valence-corrected chi connectivity index (χ0v) is 14.6. The molecule has 0 fully saturated rings. The number of unbranched alkanes of at least 4 members (excludes halogenated alkanes) is 6. The van der Waals surface area contributed by atoms with E-state index in [-0.39, 0.29) is 0 Å². The lowest BCUT2D eigenvalue weighted by Crippen LogP contribution is -2.25. The topological polar surface area (TPSA) is 9.23 Å². The fraction of sp³-hybridized carbons (Fsp3) is 0.765. The van der Waals surface area contributed by atoms with E-state index < -0.39 is 8.32 Å². The fourth-order valence-electron chi connectivity index (χ4n) is 1.84. The lowest BCUT2D eigenvalue weighted by molar-refractivity contribution is 0.298. The molecule has 19 heavy (non-hydrogen) atoms. The molecule has 0 aromatic carbocycles. The first-order valence-corrected chi connectivity index (χ1v) is 11.4. The van der Waals surface area contributed by atoms with E-state index in [2.05, 4.69) is 50.9 Å². The third kappa shape index (κ3) is 17.7. The number of hydrogen-bond donors (Lipinski definition) is 0. The molecule has 0 radical (unpaired) electrons. The predicted molar refractivity (Wildman–Crippen MR) is 90.2 cm³/mol. The van der Waals surface area contributed by atoms with Crippen LogP contribution in [-0.4, -0.2) is 14.9 Å². The molecular weight excluding hydrogens is 248 g/mol. The molecule has 0 unspecified atom stereocenters. The highest BCUT2D eigenvalue weighted by atomic mass is 28.4. The van der Waals surface area contributed by atoms with Crippen molar-refractivity contribution in [2.75, 3.05) is 6.61 Å². The minimum Gasteiger partial charge on any atom is -0.418 e. The summed E-state index contributed by atoms with van der Waals surface area (Å²) in [5.41, 5.74) is 0. The predicted octanol–water partition coefficient (Wildman–Crippen LogP) is 6.09. The van der Waals surface area contributed by atoms with Crippen LogP contribution in [0.4, 0.5) is 0 Å². The Balaban J connectivity index is 3.15. The first-order chi connectivity index (χ1) is 9.06. The maximum atomic E-state index is 5.84. The second-order valence-electron chi connectivity index (χ2n) is 6.14.